The van der Waals surface area contributed by atoms with E-state index >= 15 is 0 Å². The fraction of sp³-hybridized carbons (Fsp3) is 0.500. The van der Waals surface area contributed by atoms with Gasteiger partial charge in [0, 0.05) is 30.9 Å². The SMILES string of the molecule is Nc1ccn([C@@H]2C[C@H](COP3(=O)OCCC(c4ccncc4)O3)[C@@H](O)[C@@H]2O)c(=O)n1. The first-order chi connectivity index (χ1) is 14.4. The Balaban J connectivity index is 1.42. The van der Waals surface area contributed by atoms with Crippen LogP contribution in [0.15, 0.2) is 41.6 Å². The average Bonchev–Trinajstić information content (AvgIpc) is 3.01. The first-order valence-electron chi connectivity index (χ1n) is 9.54. The van der Waals surface area contributed by atoms with Crippen molar-refractivity contribution < 1.29 is 28.3 Å². The Labute approximate surface area is 172 Å². The number of nitrogen functional groups attached to an aromatic ring is 1. The van der Waals surface area contributed by atoms with Gasteiger partial charge in [-0.05, 0) is 30.2 Å². The van der Waals surface area contributed by atoms with Crippen LogP contribution in [0.4, 0.5) is 5.82 Å². The second-order valence-corrected chi connectivity index (χ2v) is 8.95. The van der Waals surface area contributed by atoms with Crippen molar-refractivity contribution in [1.82, 2.24) is 14.5 Å². The normalized spacial score (nSPS) is 34.1. The van der Waals surface area contributed by atoms with Crippen LogP contribution in [0.1, 0.15) is 30.6 Å². The Morgan fingerprint density at radius 2 is 2.03 bits per heavy atom. The van der Waals surface area contributed by atoms with Crippen LogP contribution < -0.4 is 11.4 Å². The van der Waals surface area contributed by atoms with Crippen molar-refractivity contribution in [2.75, 3.05) is 18.9 Å². The molecule has 1 saturated carbocycles. The number of pyridine rings is 1. The second-order valence-electron chi connectivity index (χ2n) is 7.33. The molecule has 1 aliphatic heterocycles. The van der Waals surface area contributed by atoms with Crippen LogP contribution in [0.5, 0.6) is 0 Å². The highest BCUT2D eigenvalue weighted by Gasteiger charge is 2.45. The summed E-state index contributed by atoms with van der Waals surface area (Å²) >= 11 is 0. The lowest BCUT2D eigenvalue weighted by Gasteiger charge is -2.29. The molecule has 2 fully saturated rings. The van der Waals surface area contributed by atoms with Crippen LogP contribution in [0, 0.1) is 5.92 Å². The van der Waals surface area contributed by atoms with Crippen molar-refractivity contribution in [2.45, 2.75) is 37.2 Å². The standard InChI is InChI=1S/C18H23N4O7P/c19-15-3-7-22(18(25)21-15)13-9-12(16(23)17(13)24)10-28-30(26)27-8-4-14(29-30)11-1-5-20-6-2-11/h1-3,5-7,12-14,16-17,23-24H,4,8-10H2,(H2,19,21,25)/t12-,13-,14?,16-,17-,30?/m1/s1. The highest BCUT2D eigenvalue weighted by Crippen LogP contribution is 2.57. The van der Waals surface area contributed by atoms with Gasteiger partial charge in [0.1, 0.15) is 11.9 Å². The number of aliphatic hydroxyl groups excluding tert-OH is 2. The minimum atomic E-state index is -3.85. The van der Waals surface area contributed by atoms with Crippen molar-refractivity contribution in [1.29, 1.82) is 0 Å². The predicted molar refractivity (Wildman–Crippen MR) is 104 cm³/mol. The molecule has 0 amide bonds. The number of aliphatic hydroxyl groups is 2. The third-order valence-electron chi connectivity index (χ3n) is 5.39. The van der Waals surface area contributed by atoms with E-state index in [9.17, 15) is 19.6 Å². The molecule has 30 heavy (non-hydrogen) atoms. The zero-order valence-corrected chi connectivity index (χ0v) is 16.9. The van der Waals surface area contributed by atoms with Crippen molar-refractivity contribution in [2.24, 2.45) is 5.92 Å². The summed E-state index contributed by atoms with van der Waals surface area (Å²) in [5.41, 5.74) is 5.68. The number of hydrogen-bond donors (Lipinski definition) is 3. The maximum absolute atomic E-state index is 12.9. The van der Waals surface area contributed by atoms with E-state index in [1.807, 2.05) is 0 Å². The Morgan fingerprint density at radius 3 is 2.77 bits per heavy atom. The van der Waals surface area contributed by atoms with Crippen LogP contribution in [-0.4, -0.2) is 50.2 Å². The molecule has 2 aromatic rings. The number of anilines is 1. The zero-order valence-electron chi connectivity index (χ0n) is 16.0. The Morgan fingerprint density at radius 1 is 1.27 bits per heavy atom. The molecule has 1 aliphatic carbocycles. The first-order valence-corrected chi connectivity index (χ1v) is 11.0. The average molecular weight is 438 g/mol. The smallest absolute Gasteiger partial charge is 0.390 e. The van der Waals surface area contributed by atoms with Gasteiger partial charge in [-0.1, -0.05) is 0 Å². The Kier molecular flexibility index (Phi) is 6.01. The van der Waals surface area contributed by atoms with Crippen LogP contribution in [0.2, 0.25) is 0 Å². The molecule has 4 N–H and O–H groups in total. The molecule has 0 aromatic carbocycles. The van der Waals surface area contributed by atoms with Gasteiger partial charge in [0.05, 0.1) is 31.5 Å². The lowest BCUT2D eigenvalue weighted by atomic mass is 10.1. The van der Waals surface area contributed by atoms with E-state index < -0.39 is 43.8 Å². The number of hydrogen-bond acceptors (Lipinski definition) is 10. The van der Waals surface area contributed by atoms with Gasteiger partial charge in [0.25, 0.3) is 0 Å². The van der Waals surface area contributed by atoms with E-state index in [0.717, 1.165) is 5.56 Å². The first kappa shape index (κ1) is 21.1. The third-order valence-corrected chi connectivity index (χ3v) is 6.87. The van der Waals surface area contributed by atoms with Crippen molar-refractivity contribution in [3.63, 3.8) is 0 Å². The summed E-state index contributed by atoms with van der Waals surface area (Å²) in [4.78, 5) is 19.7. The van der Waals surface area contributed by atoms with Gasteiger partial charge in [-0.2, -0.15) is 4.98 Å². The lowest BCUT2D eigenvalue weighted by molar-refractivity contribution is -0.0153. The maximum Gasteiger partial charge on any atom is 0.475 e. The number of nitrogens with zero attached hydrogens (tertiary/aromatic N) is 3. The van der Waals surface area contributed by atoms with E-state index in [2.05, 4.69) is 9.97 Å². The van der Waals surface area contributed by atoms with E-state index in [1.165, 1.54) is 16.8 Å². The molecule has 0 spiro atoms. The summed E-state index contributed by atoms with van der Waals surface area (Å²) in [5, 5.41) is 20.8. The molecule has 12 heteroatoms. The second kappa shape index (κ2) is 8.54. The van der Waals surface area contributed by atoms with Crippen molar-refractivity contribution in [3.05, 3.63) is 52.8 Å². The molecule has 4 rings (SSSR count). The van der Waals surface area contributed by atoms with E-state index in [1.54, 1.807) is 24.5 Å². The van der Waals surface area contributed by atoms with Gasteiger partial charge in [0.2, 0.25) is 0 Å². The molecular weight excluding hydrogens is 415 g/mol. The Hall–Kier alpha value is -2.14. The number of phosphoric acid groups is 1. The largest absolute Gasteiger partial charge is 0.475 e. The van der Waals surface area contributed by atoms with E-state index in [-0.39, 0.29) is 25.5 Å². The molecule has 0 radical (unpaired) electrons. The third kappa shape index (κ3) is 4.31. The topological polar surface area (TPSA) is 159 Å². The molecule has 6 atom stereocenters. The van der Waals surface area contributed by atoms with Crippen molar-refractivity contribution in [3.8, 4) is 0 Å². The monoisotopic (exact) mass is 438 g/mol. The molecule has 0 bridgehead atoms. The summed E-state index contributed by atoms with van der Waals surface area (Å²) < 4.78 is 30.4. The van der Waals surface area contributed by atoms with Gasteiger partial charge < -0.3 is 15.9 Å². The van der Waals surface area contributed by atoms with Gasteiger partial charge in [-0.15, -0.1) is 0 Å². The van der Waals surface area contributed by atoms with Crippen LogP contribution >= 0.6 is 7.82 Å². The van der Waals surface area contributed by atoms with Gasteiger partial charge in [-0.3, -0.25) is 23.1 Å². The lowest BCUT2D eigenvalue weighted by Crippen LogP contribution is -2.35. The fourth-order valence-electron chi connectivity index (χ4n) is 3.79. The van der Waals surface area contributed by atoms with Crippen molar-refractivity contribution >= 4 is 13.6 Å². The number of nitrogens with two attached hydrogens (primary N) is 1. The molecular formula is C18H23N4O7P. The molecule has 1 saturated heterocycles. The summed E-state index contributed by atoms with van der Waals surface area (Å²) in [6.07, 6.45) is 2.50. The summed E-state index contributed by atoms with van der Waals surface area (Å²) in [5.74, 6) is -0.522. The highest BCUT2D eigenvalue weighted by molar-refractivity contribution is 7.48. The van der Waals surface area contributed by atoms with E-state index in [0.29, 0.717) is 6.42 Å². The van der Waals surface area contributed by atoms with Gasteiger partial charge in [-0.25, -0.2) is 9.36 Å². The minimum Gasteiger partial charge on any atom is -0.390 e. The molecule has 162 valence electrons. The van der Waals surface area contributed by atoms with E-state index in [4.69, 9.17) is 19.3 Å². The molecule has 2 aromatic heterocycles. The minimum absolute atomic E-state index is 0.0672. The van der Waals surface area contributed by atoms with Gasteiger partial charge in [0.15, 0.2) is 0 Å². The summed E-state index contributed by atoms with van der Waals surface area (Å²) in [6.45, 7) is 0.0153. The van der Waals surface area contributed by atoms with Crippen LogP contribution in [0.25, 0.3) is 0 Å². The zero-order chi connectivity index (χ0) is 21.3. The number of aromatic nitrogens is 3. The molecule has 3 heterocycles. The van der Waals surface area contributed by atoms with Gasteiger partial charge >= 0.3 is 13.5 Å². The number of rotatable bonds is 5. The molecule has 2 aliphatic rings. The Bertz CT molecular complexity index is 988. The maximum atomic E-state index is 12.9. The predicted octanol–water partition coefficient (Wildman–Crippen LogP) is 0.806. The van der Waals surface area contributed by atoms with Crippen LogP contribution in [0.3, 0.4) is 0 Å². The molecule has 2 unspecified atom stereocenters. The number of phosphoric ester groups is 1. The quantitative estimate of drug-likeness (QED) is 0.570. The fourth-order valence-corrected chi connectivity index (χ4v) is 5.23. The highest BCUT2D eigenvalue weighted by atomic mass is 31.2. The summed E-state index contributed by atoms with van der Waals surface area (Å²) in [6, 6.07) is 4.25. The summed E-state index contributed by atoms with van der Waals surface area (Å²) in [7, 11) is -3.85. The van der Waals surface area contributed by atoms with Crippen LogP contribution in [-0.2, 0) is 18.1 Å². The molecule has 11 nitrogen and oxygen atoms in total.